The topological polar surface area (TPSA) is 78.5 Å². The number of aryl methyl sites for hydroxylation is 1. The third-order valence-corrected chi connectivity index (χ3v) is 4.05. The van der Waals surface area contributed by atoms with Gasteiger partial charge < -0.3 is 19.2 Å². The van der Waals surface area contributed by atoms with Crippen LogP contribution in [0, 0.1) is 0 Å². The fraction of sp³-hybridized carbons (Fsp3) is 0.300. The molecule has 8 heteroatoms. The highest BCUT2D eigenvalue weighted by atomic mass is 35.5. The average molecular weight is 404 g/mol. The summed E-state index contributed by atoms with van der Waals surface area (Å²) in [7, 11) is 0. The Bertz CT molecular complexity index is 889. The minimum Gasteiger partial charge on any atom is -0.494 e. The fourth-order valence-electron chi connectivity index (χ4n) is 2.52. The SMILES string of the molecule is CCOc1ccc(OCc2ccc(C(=O)NCCCn3cc(Cl)cn3)o2)cc1. The summed E-state index contributed by atoms with van der Waals surface area (Å²) in [5, 5.41) is 7.50. The highest BCUT2D eigenvalue weighted by molar-refractivity contribution is 6.30. The van der Waals surface area contributed by atoms with E-state index in [0.29, 0.717) is 36.2 Å². The molecular formula is C20H22ClN3O4. The smallest absolute Gasteiger partial charge is 0.286 e. The van der Waals surface area contributed by atoms with Crippen LogP contribution in [-0.4, -0.2) is 28.8 Å². The Hall–Kier alpha value is -2.93. The third-order valence-electron chi connectivity index (χ3n) is 3.85. The Morgan fingerprint density at radius 2 is 1.93 bits per heavy atom. The van der Waals surface area contributed by atoms with Crippen molar-refractivity contribution in [1.82, 2.24) is 15.1 Å². The molecule has 2 heterocycles. The number of benzene rings is 1. The molecule has 0 bridgehead atoms. The van der Waals surface area contributed by atoms with Crippen LogP contribution in [0.2, 0.25) is 5.02 Å². The zero-order chi connectivity index (χ0) is 19.8. The van der Waals surface area contributed by atoms with Gasteiger partial charge in [-0.25, -0.2) is 0 Å². The number of ether oxygens (including phenoxy) is 2. The first-order chi connectivity index (χ1) is 13.6. The number of hydrogen-bond donors (Lipinski definition) is 1. The van der Waals surface area contributed by atoms with Crippen LogP contribution in [0.4, 0.5) is 0 Å². The molecule has 0 saturated carbocycles. The molecule has 2 aromatic heterocycles. The molecule has 0 aliphatic carbocycles. The van der Waals surface area contributed by atoms with Gasteiger partial charge in [0.1, 0.15) is 23.9 Å². The number of halogens is 1. The quantitative estimate of drug-likeness (QED) is 0.519. The maximum absolute atomic E-state index is 12.1. The molecule has 28 heavy (non-hydrogen) atoms. The van der Waals surface area contributed by atoms with E-state index in [1.54, 1.807) is 29.2 Å². The van der Waals surface area contributed by atoms with Crippen LogP contribution in [-0.2, 0) is 13.2 Å². The first kappa shape index (κ1) is 19.8. The van der Waals surface area contributed by atoms with E-state index in [4.69, 9.17) is 25.5 Å². The predicted molar refractivity (Wildman–Crippen MR) is 105 cm³/mol. The first-order valence-corrected chi connectivity index (χ1v) is 9.42. The molecule has 0 aliphatic rings. The molecule has 0 spiro atoms. The Morgan fingerprint density at radius 3 is 2.61 bits per heavy atom. The number of carbonyl (C=O) groups excluding carboxylic acids is 1. The van der Waals surface area contributed by atoms with Crippen LogP contribution < -0.4 is 14.8 Å². The van der Waals surface area contributed by atoms with Crippen molar-refractivity contribution in [2.75, 3.05) is 13.2 Å². The minimum atomic E-state index is -0.259. The lowest BCUT2D eigenvalue weighted by Gasteiger charge is -2.06. The van der Waals surface area contributed by atoms with Crippen molar-refractivity contribution >= 4 is 17.5 Å². The van der Waals surface area contributed by atoms with Gasteiger partial charge in [-0.1, -0.05) is 11.6 Å². The van der Waals surface area contributed by atoms with Gasteiger partial charge in [-0.2, -0.15) is 5.10 Å². The summed E-state index contributed by atoms with van der Waals surface area (Å²) < 4.78 is 18.3. The van der Waals surface area contributed by atoms with E-state index in [2.05, 4.69) is 10.4 Å². The lowest BCUT2D eigenvalue weighted by molar-refractivity contribution is 0.0920. The molecule has 0 radical (unpaired) electrons. The molecule has 1 amide bonds. The van der Waals surface area contributed by atoms with Crippen LogP contribution in [0.5, 0.6) is 11.5 Å². The summed E-state index contributed by atoms with van der Waals surface area (Å²) in [6, 6.07) is 10.7. The molecular weight excluding hydrogens is 382 g/mol. The lowest BCUT2D eigenvalue weighted by Crippen LogP contribution is -2.24. The Balaban J connectivity index is 1.40. The van der Waals surface area contributed by atoms with E-state index < -0.39 is 0 Å². The van der Waals surface area contributed by atoms with Crippen molar-refractivity contribution in [2.45, 2.75) is 26.5 Å². The van der Waals surface area contributed by atoms with Gasteiger partial charge in [0.25, 0.3) is 5.91 Å². The minimum absolute atomic E-state index is 0.237. The number of furan rings is 1. The monoisotopic (exact) mass is 403 g/mol. The molecule has 0 saturated heterocycles. The zero-order valence-electron chi connectivity index (χ0n) is 15.6. The molecule has 3 aromatic rings. The molecule has 148 valence electrons. The normalized spacial score (nSPS) is 10.6. The van der Waals surface area contributed by atoms with E-state index in [0.717, 1.165) is 12.2 Å². The molecule has 1 N–H and O–H groups in total. The Labute approximate surface area is 168 Å². The largest absolute Gasteiger partial charge is 0.494 e. The van der Waals surface area contributed by atoms with Gasteiger partial charge in [0.15, 0.2) is 5.76 Å². The van der Waals surface area contributed by atoms with Gasteiger partial charge in [-0.05, 0) is 49.7 Å². The summed E-state index contributed by atoms with van der Waals surface area (Å²) in [5.41, 5.74) is 0. The van der Waals surface area contributed by atoms with Crippen molar-refractivity contribution in [2.24, 2.45) is 0 Å². The lowest BCUT2D eigenvalue weighted by atomic mass is 10.3. The number of aromatic nitrogens is 2. The van der Waals surface area contributed by atoms with E-state index in [1.165, 1.54) is 0 Å². The average Bonchev–Trinajstić information content (AvgIpc) is 3.34. The second-order valence-electron chi connectivity index (χ2n) is 5.99. The van der Waals surface area contributed by atoms with Gasteiger partial charge in [0.05, 0.1) is 17.8 Å². The summed E-state index contributed by atoms with van der Waals surface area (Å²) in [6.45, 7) is 3.97. The number of hydrogen-bond acceptors (Lipinski definition) is 5. The van der Waals surface area contributed by atoms with E-state index in [-0.39, 0.29) is 18.3 Å². The maximum atomic E-state index is 12.1. The predicted octanol–water partition coefficient (Wildman–Crippen LogP) is 3.93. The van der Waals surface area contributed by atoms with Crippen LogP contribution >= 0.6 is 11.6 Å². The van der Waals surface area contributed by atoms with Crippen molar-refractivity contribution in [3.05, 3.63) is 65.3 Å². The highest BCUT2D eigenvalue weighted by Gasteiger charge is 2.11. The van der Waals surface area contributed by atoms with E-state index in [9.17, 15) is 4.79 Å². The number of nitrogens with one attached hydrogen (secondary N) is 1. The molecule has 7 nitrogen and oxygen atoms in total. The molecule has 0 fully saturated rings. The van der Waals surface area contributed by atoms with Crippen molar-refractivity contribution < 1.29 is 18.7 Å². The van der Waals surface area contributed by atoms with Gasteiger partial charge in [0.2, 0.25) is 0 Å². The number of amides is 1. The van der Waals surface area contributed by atoms with E-state index >= 15 is 0 Å². The molecule has 3 rings (SSSR count). The van der Waals surface area contributed by atoms with Gasteiger partial charge in [0, 0.05) is 19.3 Å². The van der Waals surface area contributed by atoms with Crippen molar-refractivity contribution in [3.63, 3.8) is 0 Å². The summed E-state index contributed by atoms with van der Waals surface area (Å²) in [6.07, 6.45) is 4.06. The van der Waals surface area contributed by atoms with Gasteiger partial charge >= 0.3 is 0 Å². The van der Waals surface area contributed by atoms with Crippen LogP contribution in [0.15, 0.2) is 53.2 Å². The third kappa shape index (κ3) is 5.79. The molecule has 0 atom stereocenters. The Morgan fingerprint density at radius 1 is 1.18 bits per heavy atom. The summed E-state index contributed by atoms with van der Waals surface area (Å²) in [5.74, 6) is 2.07. The van der Waals surface area contributed by atoms with Gasteiger partial charge in [-0.15, -0.1) is 0 Å². The Kier molecular flexibility index (Phi) is 6.97. The number of nitrogens with zero attached hydrogens (tertiary/aromatic N) is 2. The standard InChI is InChI=1S/C20H22ClN3O4/c1-2-26-16-4-6-17(7-5-16)27-14-18-8-9-19(28-18)20(25)22-10-3-11-24-13-15(21)12-23-24/h4-9,12-13H,2-3,10-11,14H2,1H3,(H,22,25). The van der Waals surface area contributed by atoms with Crippen molar-refractivity contribution in [1.29, 1.82) is 0 Å². The highest BCUT2D eigenvalue weighted by Crippen LogP contribution is 2.19. The van der Waals surface area contributed by atoms with Crippen LogP contribution in [0.25, 0.3) is 0 Å². The van der Waals surface area contributed by atoms with E-state index in [1.807, 2.05) is 31.2 Å². The van der Waals surface area contributed by atoms with Crippen molar-refractivity contribution in [3.8, 4) is 11.5 Å². The number of carbonyl (C=O) groups is 1. The molecule has 1 aromatic carbocycles. The summed E-state index contributed by atoms with van der Waals surface area (Å²) >= 11 is 5.81. The molecule has 0 unspecified atom stereocenters. The maximum Gasteiger partial charge on any atom is 0.286 e. The first-order valence-electron chi connectivity index (χ1n) is 9.04. The zero-order valence-corrected chi connectivity index (χ0v) is 16.3. The van der Waals surface area contributed by atoms with Crippen LogP contribution in [0.1, 0.15) is 29.7 Å². The van der Waals surface area contributed by atoms with Crippen LogP contribution in [0.3, 0.4) is 0 Å². The number of rotatable bonds is 10. The summed E-state index contributed by atoms with van der Waals surface area (Å²) in [4.78, 5) is 12.1. The second kappa shape index (κ2) is 9.85. The van der Waals surface area contributed by atoms with Gasteiger partial charge in [-0.3, -0.25) is 9.48 Å². The fourth-order valence-corrected chi connectivity index (χ4v) is 2.68. The second-order valence-corrected chi connectivity index (χ2v) is 6.43. The molecule has 0 aliphatic heterocycles.